The van der Waals surface area contributed by atoms with Crippen LogP contribution in [-0.4, -0.2) is 41.5 Å². The van der Waals surface area contributed by atoms with Gasteiger partial charge in [0.1, 0.15) is 4.99 Å². The number of piperidine rings is 3. The van der Waals surface area contributed by atoms with Gasteiger partial charge in [-0.25, -0.2) is 0 Å². The van der Waals surface area contributed by atoms with E-state index >= 15 is 0 Å². The molecule has 5 heteroatoms. The second kappa shape index (κ2) is 6.12. The van der Waals surface area contributed by atoms with Crippen molar-refractivity contribution in [2.75, 3.05) is 19.6 Å². The Hall–Kier alpha value is -1.46. The van der Waals surface area contributed by atoms with E-state index in [0.717, 1.165) is 17.7 Å². The molecule has 1 unspecified atom stereocenters. The Morgan fingerprint density at radius 3 is 2.48 bits per heavy atom. The van der Waals surface area contributed by atoms with E-state index in [4.69, 9.17) is 18.0 Å². The van der Waals surface area contributed by atoms with Crippen molar-refractivity contribution in [1.82, 2.24) is 10.2 Å². The molecule has 4 rings (SSSR count). The van der Waals surface area contributed by atoms with E-state index in [0.29, 0.717) is 23.4 Å². The number of nitrogens with one attached hydrogen (secondary N) is 1. The zero-order chi connectivity index (χ0) is 14.8. The van der Waals surface area contributed by atoms with Crippen LogP contribution in [0.2, 0.25) is 0 Å². The second-order valence-electron chi connectivity index (χ2n) is 6.05. The Balaban J connectivity index is 1.55. The molecule has 0 radical (unpaired) electrons. The lowest BCUT2D eigenvalue weighted by Crippen LogP contribution is -2.57. The van der Waals surface area contributed by atoms with Crippen molar-refractivity contribution in [2.24, 2.45) is 11.7 Å². The van der Waals surface area contributed by atoms with Crippen LogP contribution in [0.3, 0.4) is 0 Å². The largest absolute Gasteiger partial charge is 0.389 e. The predicted molar refractivity (Wildman–Crippen MR) is 87.1 cm³/mol. The van der Waals surface area contributed by atoms with E-state index in [1.54, 1.807) is 0 Å². The molecule has 0 spiro atoms. The molecule has 3 aliphatic heterocycles. The van der Waals surface area contributed by atoms with Crippen LogP contribution in [0, 0.1) is 5.92 Å². The molecule has 3 fully saturated rings. The third-order valence-corrected chi connectivity index (χ3v) is 4.84. The number of fused-ring (bicyclic) bond motifs is 3. The summed E-state index contributed by atoms with van der Waals surface area (Å²) < 4.78 is 0. The standard InChI is InChI=1S/C16H21N3OS/c17-16(21)13-3-1-11(2-4-13)9-15(20)18-14-10-19-7-5-12(14)6-8-19/h1-4,12,14H,5-10H2,(H2,17,21)(H,18,20). The summed E-state index contributed by atoms with van der Waals surface area (Å²) in [6, 6.07) is 7.92. The smallest absolute Gasteiger partial charge is 0.224 e. The van der Waals surface area contributed by atoms with Crippen molar-refractivity contribution in [2.45, 2.75) is 25.3 Å². The van der Waals surface area contributed by atoms with Crippen LogP contribution < -0.4 is 11.1 Å². The SMILES string of the molecule is NC(=S)c1ccc(CC(=O)NC2CN3CCC2CC3)cc1. The van der Waals surface area contributed by atoms with E-state index in [9.17, 15) is 4.79 Å². The van der Waals surface area contributed by atoms with E-state index in [1.165, 1.54) is 25.9 Å². The third-order valence-electron chi connectivity index (χ3n) is 4.61. The van der Waals surface area contributed by atoms with Crippen LogP contribution >= 0.6 is 12.2 Å². The number of nitrogens with two attached hydrogens (primary N) is 1. The summed E-state index contributed by atoms with van der Waals surface area (Å²) in [5.74, 6) is 0.771. The van der Waals surface area contributed by atoms with E-state index in [1.807, 2.05) is 24.3 Å². The van der Waals surface area contributed by atoms with Gasteiger partial charge in [0.2, 0.25) is 5.91 Å². The normalized spacial score (nSPS) is 27.3. The summed E-state index contributed by atoms with van der Waals surface area (Å²) in [6.07, 6.45) is 2.85. The molecule has 0 aliphatic carbocycles. The van der Waals surface area contributed by atoms with Gasteiger partial charge in [-0.15, -0.1) is 0 Å². The first kappa shape index (κ1) is 14.5. The van der Waals surface area contributed by atoms with Crippen LogP contribution in [0.25, 0.3) is 0 Å². The summed E-state index contributed by atoms with van der Waals surface area (Å²) >= 11 is 4.93. The molecule has 3 aliphatic rings. The van der Waals surface area contributed by atoms with Gasteiger partial charge >= 0.3 is 0 Å². The number of benzene rings is 1. The Bertz CT molecular complexity index is 535. The summed E-state index contributed by atoms with van der Waals surface area (Å²) in [5.41, 5.74) is 7.40. The average Bonchev–Trinajstić information content (AvgIpc) is 2.49. The second-order valence-corrected chi connectivity index (χ2v) is 6.49. The molecule has 3 saturated heterocycles. The highest BCUT2D eigenvalue weighted by Gasteiger charge is 2.34. The quantitative estimate of drug-likeness (QED) is 0.817. The number of hydrogen-bond donors (Lipinski definition) is 2. The molecular formula is C16H21N3OS. The lowest BCUT2D eigenvalue weighted by molar-refractivity contribution is -0.122. The Morgan fingerprint density at radius 1 is 1.29 bits per heavy atom. The predicted octanol–water partition coefficient (Wildman–Crippen LogP) is 1.07. The first-order valence-corrected chi connectivity index (χ1v) is 7.93. The molecule has 1 atom stereocenters. The molecule has 0 saturated carbocycles. The molecule has 1 aromatic rings. The summed E-state index contributed by atoms with van der Waals surface area (Å²) in [5, 5.41) is 3.21. The van der Waals surface area contributed by atoms with Crippen LogP contribution in [0.1, 0.15) is 24.0 Å². The van der Waals surface area contributed by atoms with Crippen molar-refractivity contribution in [3.05, 3.63) is 35.4 Å². The number of amides is 1. The fourth-order valence-corrected chi connectivity index (χ4v) is 3.49. The maximum Gasteiger partial charge on any atom is 0.224 e. The number of rotatable bonds is 4. The summed E-state index contributed by atoms with van der Waals surface area (Å²) in [7, 11) is 0. The van der Waals surface area contributed by atoms with Gasteiger partial charge in [-0.1, -0.05) is 36.5 Å². The highest BCUT2D eigenvalue weighted by molar-refractivity contribution is 7.80. The van der Waals surface area contributed by atoms with Gasteiger partial charge in [-0.2, -0.15) is 0 Å². The van der Waals surface area contributed by atoms with Crippen molar-refractivity contribution in [3.63, 3.8) is 0 Å². The van der Waals surface area contributed by atoms with Crippen LogP contribution in [0.4, 0.5) is 0 Å². The maximum atomic E-state index is 12.2. The number of carbonyl (C=O) groups is 1. The van der Waals surface area contributed by atoms with Gasteiger partial charge in [0.25, 0.3) is 0 Å². The van der Waals surface area contributed by atoms with E-state index < -0.39 is 0 Å². The first-order chi connectivity index (χ1) is 10.1. The first-order valence-electron chi connectivity index (χ1n) is 7.52. The lowest BCUT2D eigenvalue weighted by atomic mass is 9.84. The van der Waals surface area contributed by atoms with Gasteiger partial charge in [-0.3, -0.25) is 4.79 Å². The minimum atomic E-state index is 0.108. The van der Waals surface area contributed by atoms with Gasteiger partial charge in [0, 0.05) is 18.2 Å². The van der Waals surface area contributed by atoms with Crippen molar-refractivity contribution in [3.8, 4) is 0 Å². The third kappa shape index (κ3) is 3.41. The zero-order valence-electron chi connectivity index (χ0n) is 12.0. The van der Waals surface area contributed by atoms with E-state index in [-0.39, 0.29) is 5.91 Å². The molecule has 3 heterocycles. The van der Waals surface area contributed by atoms with E-state index in [2.05, 4.69) is 10.2 Å². The molecule has 21 heavy (non-hydrogen) atoms. The maximum absolute atomic E-state index is 12.2. The molecule has 0 aromatic heterocycles. The molecule has 112 valence electrons. The highest BCUT2D eigenvalue weighted by Crippen LogP contribution is 2.27. The molecule has 3 N–H and O–H groups in total. The Labute approximate surface area is 130 Å². The number of nitrogens with zero attached hydrogens (tertiary/aromatic N) is 1. The Kier molecular flexibility index (Phi) is 4.22. The van der Waals surface area contributed by atoms with Crippen molar-refractivity contribution in [1.29, 1.82) is 0 Å². The van der Waals surface area contributed by atoms with Gasteiger partial charge in [-0.05, 0) is 37.4 Å². The average molecular weight is 303 g/mol. The Morgan fingerprint density at radius 2 is 1.95 bits per heavy atom. The highest BCUT2D eigenvalue weighted by atomic mass is 32.1. The zero-order valence-corrected chi connectivity index (χ0v) is 12.9. The van der Waals surface area contributed by atoms with Crippen molar-refractivity contribution < 1.29 is 4.79 Å². The molecular weight excluding hydrogens is 282 g/mol. The number of carbonyl (C=O) groups excluding carboxylic acids is 1. The minimum Gasteiger partial charge on any atom is -0.389 e. The fourth-order valence-electron chi connectivity index (χ4n) is 3.36. The molecule has 1 amide bonds. The summed E-state index contributed by atoms with van der Waals surface area (Å²) in [4.78, 5) is 15.0. The topological polar surface area (TPSA) is 58.4 Å². The minimum absolute atomic E-state index is 0.108. The number of thiocarbonyl (C=S) groups is 1. The monoisotopic (exact) mass is 303 g/mol. The van der Waals surface area contributed by atoms with Crippen LogP contribution in [0.5, 0.6) is 0 Å². The summed E-state index contributed by atoms with van der Waals surface area (Å²) in [6.45, 7) is 3.39. The van der Waals surface area contributed by atoms with Crippen molar-refractivity contribution >= 4 is 23.1 Å². The molecule has 1 aromatic carbocycles. The van der Waals surface area contributed by atoms with Gasteiger partial charge < -0.3 is 16.0 Å². The lowest BCUT2D eigenvalue weighted by Gasteiger charge is -2.44. The van der Waals surface area contributed by atoms with Crippen LogP contribution in [-0.2, 0) is 11.2 Å². The van der Waals surface area contributed by atoms with Crippen LogP contribution in [0.15, 0.2) is 24.3 Å². The molecule has 2 bridgehead atoms. The molecule has 4 nitrogen and oxygen atoms in total. The van der Waals surface area contributed by atoms with Gasteiger partial charge in [0.15, 0.2) is 0 Å². The fraction of sp³-hybridized carbons (Fsp3) is 0.500. The van der Waals surface area contributed by atoms with Gasteiger partial charge in [0.05, 0.1) is 6.42 Å². The number of hydrogen-bond acceptors (Lipinski definition) is 3.